The SMILES string of the molecule is Cc1nc(N2CCN(C(=O)C(Cc3ccccc3)n3cnnn3)CC2)c2cnn(C)c2n1. The van der Waals surface area contributed by atoms with Gasteiger partial charge in [0.2, 0.25) is 5.91 Å². The van der Waals surface area contributed by atoms with Crippen LogP contribution in [0.4, 0.5) is 5.82 Å². The predicted octanol–water partition coefficient (Wildman–Crippen LogP) is 0.791. The number of aryl methyl sites for hydroxylation is 2. The molecule has 4 heterocycles. The Morgan fingerprint density at radius 3 is 2.59 bits per heavy atom. The summed E-state index contributed by atoms with van der Waals surface area (Å²) in [6.45, 7) is 4.43. The molecule has 164 valence electrons. The summed E-state index contributed by atoms with van der Waals surface area (Å²) in [6.07, 6.45) is 3.84. The van der Waals surface area contributed by atoms with Crippen molar-refractivity contribution in [2.45, 2.75) is 19.4 Å². The number of hydrogen-bond donors (Lipinski definition) is 0. The summed E-state index contributed by atoms with van der Waals surface area (Å²) in [5, 5.41) is 16.7. The lowest BCUT2D eigenvalue weighted by molar-refractivity contribution is -0.135. The van der Waals surface area contributed by atoms with E-state index in [4.69, 9.17) is 0 Å². The van der Waals surface area contributed by atoms with E-state index in [1.807, 2.05) is 49.2 Å². The van der Waals surface area contributed by atoms with Gasteiger partial charge in [0.25, 0.3) is 0 Å². The Morgan fingerprint density at radius 2 is 1.88 bits per heavy atom. The number of nitrogens with zero attached hydrogens (tertiary/aromatic N) is 10. The highest BCUT2D eigenvalue weighted by atomic mass is 16.2. The fourth-order valence-corrected chi connectivity index (χ4v) is 4.15. The number of benzene rings is 1. The van der Waals surface area contributed by atoms with E-state index in [-0.39, 0.29) is 5.91 Å². The number of anilines is 1. The van der Waals surface area contributed by atoms with Crippen LogP contribution in [-0.4, -0.2) is 76.9 Å². The second kappa shape index (κ2) is 8.33. The lowest BCUT2D eigenvalue weighted by atomic mass is 10.0. The molecular weight excluding hydrogens is 408 g/mol. The van der Waals surface area contributed by atoms with Gasteiger partial charge in [0.1, 0.15) is 24.0 Å². The first-order valence-electron chi connectivity index (χ1n) is 10.6. The van der Waals surface area contributed by atoms with Gasteiger partial charge in [0, 0.05) is 39.6 Å². The van der Waals surface area contributed by atoms with Gasteiger partial charge in [-0.25, -0.2) is 14.6 Å². The van der Waals surface area contributed by atoms with E-state index < -0.39 is 6.04 Å². The van der Waals surface area contributed by atoms with Crippen molar-refractivity contribution in [1.82, 2.24) is 44.9 Å². The molecule has 0 aliphatic carbocycles. The minimum Gasteiger partial charge on any atom is -0.352 e. The van der Waals surface area contributed by atoms with Crippen molar-refractivity contribution in [3.05, 3.63) is 54.2 Å². The standard InChI is InChI=1S/C21H24N10O/c1-15-24-19-17(13-23-28(19)2)20(25-15)29-8-10-30(11-9-29)21(32)18(31-14-22-26-27-31)12-16-6-4-3-5-7-16/h3-7,13-14,18H,8-12H2,1-2H3. The highest BCUT2D eigenvalue weighted by molar-refractivity contribution is 5.87. The fraction of sp³-hybridized carbons (Fsp3) is 0.381. The first-order valence-corrected chi connectivity index (χ1v) is 10.6. The van der Waals surface area contributed by atoms with Crippen molar-refractivity contribution in [3.63, 3.8) is 0 Å². The number of tetrazole rings is 1. The second-order valence-corrected chi connectivity index (χ2v) is 7.91. The first kappa shape index (κ1) is 20.0. The molecule has 0 radical (unpaired) electrons. The van der Waals surface area contributed by atoms with Gasteiger partial charge in [0.05, 0.1) is 11.6 Å². The highest BCUT2D eigenvalue weighted by Crippen LogP contribution is 2.25. The monoisotopic (exact) mass is 432 g/mol. The third-order valence-electron chi connectivity index (χ3n) is 5.82. The molecule has 11 heteroatoms. The lowest BCUT2D eigenvalue weighted by Gasteiger charge is -2.37. The Balaban J connectivity index is 1.33. The van der Waals surface area contributed by atoms with Gasteiger partial charge in [-0.3, -0.25) is 9.48 Å². The van der Waals surface area contributed by atoms with Gasteiger partial charge >= 0.3 is 0 Å². The number of rotatable bonds is 5. The van der Waals surface area contributed by atoms with Gasteiger partial charge in [-0.05, 0) is 22.9 Å². The summed E-state index contributed by atoms with van der Waals surface area (Å²) in [5.74, 6) is 1.59. The van der Waals surface area contributed by atoms with E-state index in [0.717, 1.165) is 22.4 Å². The molecule has 1 aliphatic rings. The van der Waals surface area contributed by atoms with Crippen LogP contribution in [0.25, 0.3) is 11.0 Å². The number of carbonyl (C=O) groups excluding carboxylic acids is 1. The molecule has 0 N–H and O–H groups in total. The number of amides is 1. The zero-order valence-electron chi connectivity index (χ0n) is 18.0. The van der Waals surface area contributed by atoms with Crippen LogP contribution in [-0.2, 0) is 18.3 Å². The minimum atomic E-state index is -0.481. The predicted molar refractivity (Wildman–Crippen MR) is 117 cm³/mol. The zero-order valence-corrected chi connectivity index (χ0v) is 18.0. The molecule has 0 saturated carbocycles. The maximum atomic E-state index is 13.5. The molecule has 1 unspecified atom stereocenters. The molecule has 5 rings (SSSR count). The number of piperazine rings is 1. The Kier molecular flexibility index (Phi) is 5.21. The van der Waals surface area contributed by atoms with Crippen molar-refractivity contribution < 1.29 is 4.79 Å². The van der Waals surface area contributed by atoms with Crippen molar-refractivity contribution in [2.75, 3.05) is 31.1 Å². The van der Waals surface area contributed by atoms with Crippen molar-refractivity contribution >= 4 is 22.8 Å². The molecular formula is C21H24N10O. The van der Waals surface area contributed by atoms with Gasteiger partial charge < -0.3 is 9.80 Å². The second-order valence-electron chi connectivity index (χ2n) is 7.91. The number of fused-ring (bicyclic) bond motifs is 1. The molecule has 1 amide bonds. The zero-order chi connectivity index (χ0) is 22.1. The number of aromatic nitrogens is 8. The summed E-state index contributed by atoms with van der Waals surface area (Å²) >= 11 is 0. The molecule has 1 aromatic carbocycles. The number of carbonyl (C=O) groups is 1. The Labute approximate surface area is 184 Å². The average molecular weight is 432 g/mol. The van der Waals surface area contributed by atoms with E-state index in [1.165, 1.54) is 6.33 Å². The van der Waals surface area contributed by atoms with Crippen LogP contribution >= 0.6 is 0 Å². The molecule has 3 aromatic heterocycles. The summed E-state index contributed by atoms with van der Waals surface area (Å²) < 4.78 is 3.31. The Morgan fingerprint density at radius 1 is 1.09 bits per heavy atom. The van der Waals surface area contributed by atoms with Gasteiger partial charge in [-0.1, -0.05) is 30.3 Å². The summed E-state index contributed by atoms with van der Waals surface area (Å²) in [4.78, 5) is 26.7. The van der Waals surface area contributed by atoms with Crippen molar-refractivity contribution in [1.29, 1.82) is 0 Å². The van der Waals surface area contributed by atoms with E-state index in [0.29, 0.717) is 38.4 Å². The van der Waals surface area contributed by atoms with Crippen molar-refractivity contribution in [2.24, 2.45) is 7.05 Å². The molecule has 1 atom stereocenters. The van der Waals surface area contributed by atoms with Crippen LogP contribution in [0.5, 0.6) is 0 Å². The van der Waals surface area contributed by atoms with Gasteiger partial charge in [-0.15, -0.1) is 5.10 Å². The van der Waals surface area contributed by atoms with E-state index >= 15 is 0 Å². The third kappa shape index (κ3) is 3.77. The summed E-state index contributed by atoms with van der Waals surface area (Å²) in [6, 6.07) is 9.45. The molecule has 1 aliphatic heterocycles. The summed E-state index contributed by atoms with van der Waals surface area (Å²) in [7, 11) is 1.88. The molecule has 32 heavy (non-hydrogen) atoms. The average Bonchev–Trinajstić information content (AvgIpc) is 3.48. The number of hydrogen-bond acceptors (Lipinski definition) is 8. The quantitative estimate of drug-likeness (QED) is 0.455. The molecule has 0 spiro atoms. The fourth-order valence-electron chi connectivity index (χ4n) is 4.15. The minimum absolute atomic E-state index is 0.0196. The topological polar surface area (TPSA) is 111 Å². The van der Waals surface area contributed by atoms with Crippen LogP contribution in [0, 0.1) is 6.92 Å². The largest absolute Gasteiger partial charge is 0.352 e. The Bertz CT molecular complexity index is 1210. The first-order chi connectivity index (χ1) is 15.6. The van der Waals surface area contributed by atoms with Crippen LogP contribution in [0.3, 0.4) is 0 Å². The lowest BCUT2D eigenvalue weighted by Crippen LogP contribution is -2.51. The maximum absolute atomic E-state index is 13.5. The van der Waals surface area contributed by atoms with Crippen LogP contribution in [0.15, 0.2) is 42.9 Å². The van der Waals surface area contributed by atoms with Gasteiger partial charge in [-0.2, -0.15) is 5.10 Å². The van der Waals surface area contributed by atoms with Crippen LogP contribution in [0.1, 0.15) is 17.4 Å². The molecule has 11 nitrogen and oxygen atoms in total. The van der Waals surface area contributed by atoms with Crippen LogP contribution < -0.4 is 4.90 Å². The smallest absolute Gasteiger partial charge is 0.248 e. The highest BCUT2D eigenvalue weighted by Gasteiger charge is 2.30. The maximum Gasteiger partial charge on any atom is 0.248 e. The van der Waals surface area contributed by atoms with E-state index in [1.54, 1.807) is 15.6 Å². The third-order valence-corrected chi connectivity index (χ3v) is 5.82. The van der Waals surface area contributed by atoms with Crippen molar-refractivity contribution in [3.8, 4) is 0 Å². The van der Waals surface area contributed by atoms with E-state index in [9.17, 15) is 4.79 Å². The van der Waals surface area contributed by atoms with Crippen LogP contribution in [0.2, 0.25) is 0 Å². The van der Waals surface area contributed by atoms with Gasteiger partial charge in [0.15, 0.2) is 5.65 Å². The molecule has 4 aromatic rings. The molecule has 1 saturated heterocycles. The summed E-state index contributed by atoms with van der Waals surface area (Å²) in [5.41, 5.74) is 1.88. The molecule has 0 bridgehead atoms. The Hall–Kier alpha value is -3.89. The normalized spacial score (nSPS) is 15.3. The van der Waals surface area contributed by atoms with E-state index in [2.05, 4.69) is 35.5 Å². The molecule has 1 fully saturated rings.